The predicted molar refractivity (Wildman–Crippen MR) is 55.3 cm³/mol. The highest BCUT2D eigenvalue weighted by Gasteiger charge is 2.18. The van der Waals surface area contributed by atoms with Gasteiger partial charge in [0.25, 0.3) is 0 Å². The molecule has 1 rings (SSSR count). The summed E-state index contributed by atoms with van der Waals surface area (Å²) in [5.41, 5.74) is 11.8. The summed E-state index contributed by atoms with van der Waals surface area (Å²) in [4.78, 5) is 18.2. The highest BCUT2D eigenvalue weighted by atomic mass is 16.5. The molecule has 0 saturated carbocycles. The largest absolute Gasteiger partial charge is 0.473 e. The zero-order valence-electron chi connectivity index (χ0n) is 8.97. The molecule has 0 aliphatic carbocycles. The summed E-state index contributed by atoms with van der Waals surface area (Å²) in [6.45, 7) is 2.76. The van der Waals surface area contributed by atoms with Crippen LogP contribution in [0.15, 0.2) is 11.4 Å². The Morgan fingerprint density at radius 1 is 1.25 bits per heavy atom. The minimum Gasteiger partial charge on any atom is -0.473 e. The molecule has 92 valence electrons. The SMILES string of the molecule is CC(=C(N)N)C1CCCO1.O=C(O)C(=O)O. The lowest BCUT2D eigenvalue weighted by molar-refractivity contribution is -0.159. The molecule has 16 heavy (non-hydrogen) atoms. The van der Waals surface area contributed by atoms with E-state index in [1.54, 1.807) is 0 Å². The van der Waals surface area contributed by atoms with Crippen molar-refractivity contribution >= 4 is 11.9 Å². The van der Waals surface area contributed by atoms with Gasteiger partial charge in [0.1, 0.15) is 0 Å². The molecule has 7 heteroatoms. The van der Waals surface area contributed by atoms with Crippen LogP contribution in [0, 0.1) is 0 Å². The number of ether oxygens (including phenoxy) is 1. The number of aliphatic carboxylic acids is 2. The van der Waals surface area contributed by atoms with E-state index in [2.05, 4.69) is 0 Å². The molecule has 0 aromatic heterocycles. The standard InChI is InChI=1S/C7H14N2O.C2H2O4/c1-5(7(8)9)6-3-2-4-10-6;3-1(4)2(5)6/h6H,2-4,8-9H2,1H3;(H,3,4)(H,5,6). The van der Waals surface area contributed by atoms with Crippen LogP contribution in [0.2, 0.25) is 0 Å². The molecule has 1 aliphatic heterocycles. The Kier molecular flexibility index (Phi) is 5.94. The molecule has 1 aliphatic rings. The molecule has 1 unspecified atom stereocenters. The third kappa shape index (κ3) is 5.20. The van der Waals surface area contributed by atoms with Gasteiger partial charge in [0.05, 0.1) is 11.9 Å². The van der Waals surface area contributed by atoms with Crippen molar-refractivity contribution in [3.05, 3.63) is 11.4 Å². The highest BCUT2D eigenvalue weighted by molar-refractivity contribution is 6.27. The monoisotopic (exact) mass is 232 g/mol. The molecule has 1 heterocycles. The van der Waals surface area contributed by atoms with Crippen molar-refractivity contribution in [3.63, 3.8) is 0 Å². The van der Waals surface area contributed by atoms with Crippen molar-refractivity contribution in [2.24, 2.45) is 11.5 Å². The maximum absolute atomic E-state index is 9.10. The van der Waals surface area contributed by atoms with Gasteiger partial charge in [0.2, 0.25) is 0 Å². The van der Waals surface area contributed by atoms with Gasteiger partial charge in [-0.3, -0.25) is 0 Å². The predicted octanol–water partition coefficient (Wildman–Crippen LogP) is -0.530. The molecule has 7 nitrogen and oxygen atoms in total. The first kappa shape index (κ1) is 14.2. The van der Waals surface area contributed by atoms with E-state index in [-0.39, 0.29) is 6.10 Å². The van der Waals surface area contributed by atoms with Crippen LogP contribution in [-0.2, 0) is 14.3 Å². The van der Waals surface area contributed by atoms with E-state index in [0.717, 1.165) is 25.0 Å². The molecular weight excluding hydrogens is 216 g/mol. The van der Waals surface area contributed by atoms with Crippen LogP contribution in [0.1, 0.15) is 19.8 Å². The number of rotatable bonds is 1. The van der Waals surface area contributed by atoms with Gasteiger partial charge in [-0.2, -0.15) is 0 Å². The number of carbonyl (C=O) groups is 2. The molecular formula is C9H16N2O5. The fraction of sp³-hybridized carbons (Fsp3) is 0.556. The van der Waals surface area contributed by atoms with Gasteiger partial charge in [-0.05, 0) is 25.3 Å². The van der Waals surface area contributed by atoms with Crippen LogP contribution in [0.3, 0.4) is 0 Å². The Balaban J connectivity index is 0.000000325. The van der Waals surface area contributed by atoms with Gasteiger partial charge < -0.3 is 26.4 Å². The van der Waals surface area contributed by atoms with Gasteiger partial charge in [-0.1, -0.05) is 0 Å². The first-order chi connectivity index (χ1) is 7.36. The average molecular weight is 232 g/mol. The fourth-order valence-electron chi connectivity index (χ4n) is 1.11. The van der Waals surface area contributed by atoms with Gasteiger partial charge >= 0.3 is 11.9 Å². The van der Waals surface area contributed by atoms with E-state index >= 15 is 0 Å². The number of nitrogens with two attached hydrogens (primary N) is 2. The van der Waals surface area contributed by atoms with Crippen molar-refractivity contribution in [1.29, 1.82) is 0 Å². The first-order valence-corrected chi connectivity index (χ1v) is 4.65. The van der Waals surface area contributed by atoms with Crippen LogP contribution in [0.5, 0.6) is 0 Å². The molecule has 0 radical (unpaired) electrons. The summed E-state index contributed by atoms with van der Waals surface area (Å²) in [5.74, 6) is -3.24. The minimum absolute atomic E-state index is 0.185. The molecule has 1 fully saturated rings. The molecule has 0 spiro atoms. The van der Waals surface area contributed by atoms with E-state index in [1.807, 2.05) is 6.92 Å². The van der Waals surface area contributed by atoms with E-state index in [0.29, 0.717) is 5.82 Å². The second-order valence-corrected chi connectivity index (χ2v) is 3.25. The van der Waals surface area contributed by atoms with Crippen molar-refractivity contribution in [3.8, 4) is 0 Å². The van der Waals surface area contributed by atoms with Crippen molar-refractivity contribution < 1.29 is 24.5 Å². The number of hydrogen-bond donors (Lipinski definition) is 4. The van der Waals surface area contributed by atoms with E-state index in [9.17, 15) is 0 Å². The molecule has 1 atom stereocenters. The fourth-order valence-corrected chi connectivity index (χ4v) is 1.11. The van der Waals surface area contributed by atoms with E-state index < -0.39 is 11.9 Å². The van der Waals surface area contributed by atoms with Gasteiger partial charge in [0, 0.05) is 6.61 Å². The van der Waals surface area contributed by atoms with Crippen LogP contribution in [0.4, 0.5) is 0 Å². The lowest BCUT2D eigenvalue weighted by Gasteiger charge is -2.10. The Morgan fingerprint density at radius 2 is 1.75 bits per heavy atom. The minimum atomic E-state index is -1.82. The topological polar surface area (TPSA) is 136 Å². The van der Waals surface area contributed by atoms with Gasteiger partial charge in [0.15, 0.2) is 0 Å². The second kappa shape index (κ2) is 6.67. The number of hydrogen-bond acceptors (Lipinski definition) is 5. The molecule has 0 aromatic carbocycles. The summed E-state index contributed by atoms with van der Waals surface area (Å²) in [6.07, 6.45) is 2.36. The maximum atomic E-state index is 9.10. The second-order valence-electron chi connectivity index (χ2n) is 3.25. The van der Waals surface area contributed by atoms with Crippen LogP contribution in [0.25, 0.3) is 0 Å². The molecule has 0 amide bonds. The first-order valence-electron chi connectivity index (χ1n) is 4.65. The zero-order chi connectivity index (χ0) is 12.7. The Labute approximate surface area is 92.7 Å². The van der Waals surface area contributed by atoms with E-state index in [1.165, 1.54) is 0 Å². The van der Waals surface area contributed by atoms with Crippen LogP contribution < -0.4 is 11.5 Å². The normalized spacial score (nSPS) is 18.2. The summed E-state index contributed by atoms with van der Waals surface area (Å²) >= 11 is 0. The molecule has 0 aromatic rings. The third-order valence-electron chi connectivity index (χ3n) is 2.05. The zero-order valence-corrected chi connectivity index (χ0v) is 8.97. The van der Waals surface area contributed by atoms with Crippen LogP contribution >= 0.6 is 0 Å². The quantitative estimate of drug-likeness (QED) is 0.446. The lowest BCUT2D eigenvalue weighted by atomic mass is 10.1. The Hall–Kier alpha value is -1.76. The summed E-state index contributed by atoms with van der Waals surface area (Å²) in [7, 11) is 0. The lowest BCUT2D eigenvalue weighted by Crippen LogP contribution is -2.18. The van der Waals surface area contributed by atoms with Crippen molar-refractivity contribution in [1.82, 2.24) is 0 Å². The summed E-state index contributed by atoms with van der Waals surface area (Å²) < 4.78 is 5.36. The van der Waals surface area contributed by atoms with Gasteiger partial charge in [-0.25, -0.2) is 9.59 Å². The Morgan fingerprint density at radius 3 is 2.00 bits per heavy atom. The van der Waals surface area contributed by atoms with Crippen molar-refractivity contribution in [2.75, 3.05) is 6.61 Å². The average Bonchev–Trinajstić information content (AvgIpc) is 2.69. The molecule has 6 N–H and O–H groups in total. The Bertz CT molecular complexity index is 278. The highest BCUT2D eigenvalue weighted by Crippen LogP contribution is 2.19. The molecule has 1 saturated heterocycles. The van der Waals surface area contributed by atoms with Crippen LogP contribution in [-0.4, -0.2) is 34.9 Å². The number of carboxylic acid groups (broad SMARTS) is 2. The summed E-state index contributed by atoms with van der Waals surface area (Å²) in [6, 6.07) is 0. The summed E-state index contributed by atoms with van der Waals surface area (Å²) in [5, 5.41) is 14.8. The number of carboxylic acids is 2. The van der Waals surface area contributed by atoms with Crippen molar-refractivity contribution in [2.45, 2.75) is 25.9 Å². The van der Waals surface area contributed by atoms with E-state index in [4.69, 9.17) is 36.0 Å². The van der Waals surface area contributed by atoms with Gasteiger partial charge in [-0.15, -0.1) is 0 Å². The third-order valence-corrected chi connectivity index (χ3v) is 2.05. The molecule has 0 bridgehead atoms. The smallest absolute Gasteiger partial charge is 0.414 e. The maximum Gasteiger partial charge on any atom is 0.414 e.